The molecular formula is C70H125NO10. The summed E-state index contributed by atoms with van der Waals surface area (Å²) in [6, 6.07) is -1.03. The number of hydrogen-bond donors (Lipinski definition) is 6. The molecule has 11 nitrogen and oxygen atoms in total. The first-order valence-electron chi connectivity index (χ1n) is 33.7. The highest BCUT2D eigenvalue weighted by Crippen LogP contribution is 2.26. The zero-order valence-electron chi connectivity index (χ0n) is 52.1. The van der Waals surface area contributed by atoms with Crippen LogP contribution in [-0.4, -0.2) is 99.6 Å². The molecule has 0 radical (unpaired) electrons. The van der Waals surface area contributed by atoms with Gasteiger partial charge in [0.2, 0.25) is 5.91 Å². The molecule has 0 spiro atoms. The summed E-state index contributed by atoms with van der Waals surface area (Å²) in [6.07, 6.45) is 63.5. The molecule has 1 aliphatic rings. The lowest BCUT2D eigenvalue weighted by molar-refractivity contribution is -0.305. The zero-order chi connectivity index (χ0) is 58.9. The lowest BCUT2D eigenvalue weighted by Crippen LogP contribution is -2.61. The van der Waals surface area contributed by atoms with E-state index in [1.165, 1.54) is 141 Å². The number of rotatable bonds is 57. The van der Waals surface area contributed by atoms with Crippen LogP contribution in [-0.2, 0) is 23.8 Å². The van der Waals surface area contributed by atoms with E-state index in [1.54, 1.807) is 6.08 Å². The largest absolute Gasteiger partial charge is 0.454 e. The molecule has 1 amide bonds. The van der Waals surface area contributed by atoms with Crippen LogP contribution in [0.25, 0.3) is 0 Å². The molecule has 11 heteroatoms. The number of aliphatic hydroxyl groups excluding tert-OH is 5. The Kier molecular flexibility index (Phi) is 54.1. The third-order valence-corrected chi connectivity index (χ3v) is 15.6. The number of amides is 1. The second kappa shape index (κ2) is 57.5. The Morgan fingerprint density at radius 1 is 0.481 bits per heavy atom. The smallest absolute Gasteiger partial charge is 0.306 e. The van der Waals surface area contributed by atoms with Crippen molar-refractivity contribution in [1.82, 2.24) is 5.32 Å². The average Bonchev–Trinajstić information content (AvgIpc) is 3.49. The molecule has 1 aliphatic heterocycles. The Bertz CT molecular complexity index is 1590. The first-order chi connectivity index (χ1) is 39.7. The normalized spacial score (nSPS) is 19.1. The van der Waals surface area contributed by atoms with Crippen LogP contribution in [0, 0.1) is 0 Å². The minimum Gasteiger partial charge on any atom is -0.454 e. The van der Waals surface area contributed by atoms with Crippen molar-refractivity contribution in [3.05, 3.63) is 72.9 Å². The van der Waals surface area contributed by atoms with Gasteiger partial charge < -0.3 is 45.1 Å². The fourth-order valence-corrected chi connectivity index (χ4v) is 10.2. The van der Waals surface area contributed by atoms with Gasteiger partial charge in [-0.2, -0.15) is 0 Å². The van der Waals surface area contributed by atoms with Gasteiger partial charge >= 0.3 is 5.97 Å². The van der Waals surface area contributed by atoms with E-state index in [1.807, 2.05) is 6.08 Å². The highest BCUT2D eigenvalue weighted by Gasteiger charge is 2.47. The van der Waals surface area contributed by atoms with Crippen LogP contribution < -0.4 is 5.32 Å². The molecule has 1 saturated heterocycles. The van der Waals surface area contributed by atoms with Gasteiger partial charge in [0.05, 0.1) is 25.4 Å². The van der Waals surface area contributed by atoms with Gasteiger partial charge in [0.25, 0.3) is 0 Å². The summed E-state index contributed by atoms with van der Waals surface area (Å²) in [6.45, 7) is 5.77. The van der Waals surface area contributed by atoms with Crippen LogP contribution in [0.3, 0.4) is 0 Å². The van der Waals surface area contributed by atoms with Gasteiger partial charge in [-0.15, -0.1) is 0 Å². The number of carbonyl (C=O) groups is 2. The molecular weight excluding hydrogens is 1010 g/mol. The molecule has 81 heavy (non-hydrogen) atoms. The predicted molar refractivity (Wildman–Crippen MR) is 338 cm³/mol. The molecule has 8 unspecified atom stereocenters. The summed E-state index contributed by atoms with van der Waals surface area (Å²) in [7, 11) is 0. The van der Waals surface area contributed by atoms with E-state index >= 15 is 0 Å². The lowest BCUT2D eigenvalue weighted by atomic mass is 9.99. The SMILES string of the molecule is CCCCC/C=C\C/C=C\C/C=C\C/C=C\CCCCCCCCC(O)C(=O)NC(COC1OC(CO)C(O)C(O)C1OC(=O)CCCCCCCCC/C=C/CCCCCCCC)C(O)/C=C/CCCCCCCCCCCCC. The van der Waals surface area contributed by atoms with E-state index in [2.05, 4.69) is 86.8 Å². The number of unbranched alkanes of at least 4 members (excludes halogenated alkanes) is 33. The highest BCUT2D eigenvalue weighted by atomic mass is 16.7. The molecule has 0 aromatic heterocycles. The van der Waals surface area contributed by atoms with Gasteiger partial charge in [0.15, 0.2) is 12.4 Å². The molecule has 0 bridgehead atoms. The van der Waals surface area contributed by atoms with Gasteiger partial charge in [-0.25, -0.2) is 0 Å². The second-order valence-corrected chi connectivity index (χ2v) is 23.2. The monoisotopic (exact) mass is 1140 g/mol. The van der Waals surface area contributed by atoms with Crippen LogP contribution in [0.4, 0.5) is 0 Å². The number of aliphatic hydroxyl groups is 5. The third kappa shape index (κ3) is 45.2. The number of carbonyl (C=O) groups excluding carboxylic acids is 2. The van der Waals surface area contributed by atoms with Crippen molar-refractivity contribution >= 4 is 11.9 Å². The summed E-state index contributed by atoms with van der Waals surface area (Å²) in [5.41, 5.74) is 0. The summed E-state index contributed by atoms with van der Waals surface area (Å²) in [5.74, 6) is -1.21. The van der Waals surface area contributed by atoms with E-state index < -0.39 is 67.4 Å². The molecule has 6 N–H and O–H groups in total. The molecule has 0 aromatic carbocycles. The Morgan fingerprint density at radius 2 is 0.852 bits per heavy atom. The first-order valence-corrected chi connectivity index (χ1v) is 33.7. The Labute approximate surface area is 496 Å². The summed E-state index contributed by atoms with van der Waals surface area (Å²) in [5, 5.41) is 57.1. The second-order valence-electron chi connectivity index (χ2n) is 23.2. The Balaban J connectivity index is 2.66. The van der Waals surface area contributed by atoms with Crippen molar-refractivity contribution in [2.24, 2.45) is 0 Å². The van der Waals surface area contributed by atoms with Crippen molar-refractivity contribution in [2.75, 3.05) is 13.2 Å². The average molecular weight is 1140 g/mol. The standard InChI is InChI=1S/C70H125NO10/c1-4-7-10-13-16-19-22-25-27-29-30-31-32-33-35-36-39-42-45-48-51-54-57-63(74)69(78)71-61(62(73)56-53-50-47-44-41-38-24-21-18-15-12-9-6-3)60-79-70-68(67(77)66(76)64(59-72)80-70)81-65(75)58-55-52-49-46-43-40-37-34-28-26-23-20-17-14-11-8-5-2/h16,19,25-28,30-31,33,35,53,56,61-64,66-68,70,72-74,76-77H,4-15,17-18,20-24,29,32,34,36-52,54-55,57-60H2,1-3H3,(H,71,78)/b19-16-,27-25-,28-26+,31-30-,35-33-,56-53+. The summed E-state index contributed by atoms with van der Waals surface area (Å²) >= 11 is 0. The molecule has 8 atom stereocenters. The van der Waals surface area contributed by atoms with Crippen LogP contribution in [0.5, 0.6) is 0 Å². The number of esters is 1. The number of nitrogens with one attached hydrogen (secondary N) is 1. The molecule has 0 aromatic rings. The van der Waals surface area contributed by atoms with Crippen molar-refractivity contribution in [1.29, 1.82) is 0 Å². The lowest BCUT2D eigenvalue weighted by Gasteiger charge is -2.41. The van der Waals surface area contributed by atoms with Crippen LogP contribution in [0.2, 0.25) is 0 Å². The first kappa shape index (κ1) is 76.1. The summed E-state index contributed by atoms with van der Waals surface area (Å²) < 4.78 is 17.7. The van der Waals surface area contributed by atoms with E-state index in [4.69, 9.17) is 14.2 Å². The molecule has 470 valence electrons. The maximum absolute atomic E-state index is 13.5. The van der Waals surface area contributed by atoms with Gasteiger partial charge in [-0.1, -0.05) is 267 Å². The van der Waals surface area contributed by atoms with Gasteiger partial charge in [0, 0.05) is 6.42 Å². The Hall–Kier alpha value is -2.90. The minimum atomic E-state index is -1.62. The van der Waals surface area contributed by atoms with Gasteiger partial charge in [-0.05, 0) is 96.3 Å². The van der Waals surface area contributed by atoms with Gasteiger partial charge in [0.1, 0.15) is 24.4 Å². The van der Waals surface area contributed by atoms with Crippen LogP contribution >= 0.6 is 0 Å². The minimum absolute atomic E-state index is 0.116. The van der Waals surface area contributed by atoms with Crippen molar-refractivity contribution in [2.45, 2.75) is 346 Å². The molecule has 1 heterocycles. The van der Waals surface area contributed by atoms with Crippen LogP contribution in [0.1, 0.15) is 297 Å². The zero-order valence-corrected chi connectivity index (χ0v) is 52.1. The third-order valence-electron chi connectivity index (χ3n) is 15.6. The van der Waals surface area contributed by atoms with E-state index in [9.17, 15) is 35.1 Å². The Morgan fingerprint density at radius 3 is 1.31 bits per heavy atom. The molecule has 1 rings (SSSR count). The fourth-order valence-electron chi connectivity index (χ4n) is 10.2. The molecule has 1 fully saturated rings. The number of ether oxygens (including phenoxy) is 3. The predicted octanol–water partition coefficient (Wildman–Crippen LogP) is 16.7. The van der Waals surface area contributed by atoms with Crippen molar-refractivity contribution < 1.29 is 49.3 Å². The van der Waals surface area contributed by atoms with E-state index in [0.29, 0.717) is 12.8 Å². The topological polar surface area (TPSA) is 175 Å². The summed E-state index contributed by atoms with van der Waals surface area (Å²) in [4.78, 5) is 26.6. The number of hydrogen-bond acceptors (Lipinski definition) is 10. The highest BCUT2D eigenvalue weighted by molar-refractivity contribution is 5.80. The van der Waals surface area contributed by atoms with E-state index in [-0.39, 0.29) is 19.4 Å². The molecule has 0 saturated carbocycles. The fraction of sp³-hybridized carbons (Fsp3) is 0.800. The number of allylic oxidation sites excluding steroid dienone is 11. The van der Waals surface area contributed by atoms with Gasteiger partial charge in [-0.3, -0.25) is 9.59 Å². The van der Waals surface area contributed by atoms with Crippen LogP contribution in [0.15, 0.2) is 72.9 Å². The van der Waals surface area contributed by atoms with Crippen molar-refractivity contribution in [3.8, 4) is 0 Å². The quantitative estimate of drug-likeness (QED) is 0.0195. The maximum Gasteiger partial charge on any atom is 0.306 e. The molecule has 0 aliphatic carbocycles. The van der Waals surface area contributed by atoms with E-state index in [0.717, 1.165) is 109 Å². The van der Waals surface area contributed by atoms with Crippen molar-refractivity contribution in [3.63, 3.8) is 0 Å². The maximum atomic E-state index is 13.5.